The highest BCUT2D eigenvalue weighted by atomic mass is 16.5. The zero-order valence-corrected chi connectivity index (χ0v) is 8.67. The van der Waals surface area contributed by atoms with Gasteiger partial charge in [0.15, 0.2) is 5.78 Å². The fraction of sp³-hybridized carbons (Fsp3) is 0.545. The van der Waals surface area contributed by atoms with Crippen LogP contribution in [-0.2, 0) is 9.53 Å². The minimum Gasteiger partial charge on any atom is -0.512 e. The summed E-state index contributed by atoms with van der Waals surface area (Å²) in [6.45, 7) is 4.05. The molecule has 0 aromatic rings. The predicted molar refractivity (Wildman–Crippen MR) is 53.9 cm³/mol. The summed E-state index contributed by atoms with van der Waals surface area (Å²) < 4.78 is 5.35. The summed E-state index contributed by atoms with van der Waals surface area (Å²) >= 11 is 0. The van der Waals surface area contributed by atoms with Gasteiger partial charge in [0, 0.05) is 18.1 Å². The summed E-state index contributed by atoms with van der Waals surface area (Å²) in [5, 5.41) is 9.38. The van der Waals surface area contributed by atoms with Crippen LogP contribution in [0.2, 0.25) is 0 Å². The number of aliphatic hydroxyl groups is 1. The van der Waals surface area contributed by atoms with Crippen LogP contribution < -0.4 is 0 Å². The predicted octanol–water partition coefficient (Wildman–Crippen LogP) is 2.49. The monoisotopic (exact) mass is 196 g/mol. The highest BCUT2D eigenvalue weighted by molar-refractivity contribution is 5.90. The number of carbonyl (C=O) groups excluding carboxylic acids is 1. The second kappa shape index (κ2) is 4.84. The summed E-state index contributed by atoms with van der Waals surface area (Å²) in [5.41, 5.74) is 0.762. The van der Waals surface area contributed by atoms with Gasteiger partial charge < -0.3 is 9.84 Å². The second-order valence-corrected chi connectivity index (χ2v) is 3.34. The van der Waals surface area contributed by atoms with E-state index < -0.39 is 0 Å². The molecule has 1 heterocycles. The molecule has 1 saturated heterocycles. The molecule has 0 radical (unpaired) electrons. The van der Waals surface area contributed by atoms with Crippen LogP contribution in [0.4, 0.5) is 0 Å². The Morgan fingerprint density at radius 3 is 2.93 bits per heavy atom. The molecular formula is C11H16O3. The van der Waals surface area contributed by atoms with E-state index in [1.54, 1.807) is 13.8 Å². The smallest absolute Gasteiger partial charge is 0.159 e. The summed E-state index contributed by atoms with van der Waals surface area (Å²) in [6.07, 6.45) is 3.62. The van der Waals surface area contributed by atoms with E-state index in [9.17, 15) is 9.90 Å². The largest absolute Gasteiger partial charge is 0.512 e. The summed E-state index contributed by atoms with van der Waals surface area (Å²) in [7, 11) is 0. The van der Waals surface area contributed by atoms with Crippen molar-refractivity contribution in [2.75, 3.05) is 6.61 Å². The fourth-order valence-electron chi connectivity index (χ4n) is 1.38. The maximum Gasteiger partial charge on any atom is 0.159 e. The number of aliphatic hydroxyl groups excluding tert-OH is 1. The Hall–Kier alpha value is -1.25. The maximum absolute atomic E-state index is 11.2. The molecule has 0 atom stereocenters. The van der Waals surface area contributed by atoms with Crippen molar-refractivity contribution >= 4 is 5.78 Å². The van der Waals surface area contributed by atoms with Gasteiger partial charge in [0.2, 0.25) is 0 Å². The SMILES string of the molecule is CCC(=O)C=C1OCCCC1=C(C)O. The molecule has 0 aromatic carbocycles. The van der Waals surface area contributed by atoms with Gasteiger partial charge in [-0.1, -0.05) is 6.92 Å². The Morgan fingerprint density at radius 2 is 2.36 bits per heavy atom. The van der Waals surface area contributed by atoms with Gasteiger partial charge in [0.05, 0.1) is 12.4 Å². The Morgan fingerprint density at radius 1 is 1.64 bits per heavy atom. The van der Waals surface area contributed by atoms with E-state index in [-0.39, 0.29) is 11.5 Å². The molecule has 78 valence electrons. The highest BCUT2D eigenvalue weighted by Crippen LogP contribution is 2.25. The summed E-state index contributed by atoms with van der Waals surface area (Å²) in [4.78, 5) is 11.2. The molecule has 1 aliphatic heterocycles. The molecule has 0 unspecified atom stereocenters. The molecule has 0 saturated carbocycles. The van der Waals surface area contributed by atoms with E-state index in [0.29, 0.717) is 18.8 Å². The van der Waals surface area contributed by atoms with E-state index in [0.717, 1.165) is 18.4 Å². The van der Waals surface area contributed by atoms with Crippen LogP contribution >= 0.6 is 0 Å². The van der Waals surface area contributed by atoms with Crippen molar-refractivity contribution in [2.24, 2.45) is 0 Å². The van der Waals surface area contributed by atoms with Gasteiger partial charge in [0.25, 0.3) is 0 Å². The van der Waals surface area contributed by atoms with Gasteiger partial charge >= 0.3 is 0 Å². The molecule has 0 spiro atoms. The molecule has 1 aliphatic rings. The van der Waals surface area contributed by atoms with Gasteiger partial charge in [-0.3, -0.25) is 4.79 Å². The first-order chi connectivity index (χ1) is 6.65. The Labute approximate surface area is 84.1 Å². The van der Waals surface area contributed by atoms with Crippen molar-refractivity contribution in [1.29, 1.82) is 0 Å². The third-order valence-electron chi connectivity index (χ3n) is 2.20. The number of carbonyl (C=O) groups is 1. The number of allylic oxidation sites excluding steroid dienone is 3. The third kappa shape index (κ3) is 2.62. The lowest BCUT2D eigenvalue weighted by molar-refractivity contribution is -0.114. The maximum atomic E-state index is 11.2. The van der Waals surface area contributed by atoms with Crippen molar-refractivity contribution in [3.05, 3.63) is 23.2 Å². The average Bonchev–Trinajstić information content (AvgIpc) is 2.18. The van der Waals surface area contributed by atoms with Gasteiger partial charge in [-0.05, 0) is 19.8 Å². The second-order valence-electron chi connectivity index (χ2n) is 3.34. The van der Waals surface area contributed by atoms with Gasteiger partial charge in [-0.25, -0.2) is 0 Å². The lowest BCUT2D eigenvalue weighted by Gasteiger charge is -2.19. The van der Waals surface area contributed by atoms with E-state index in [4.69, 9.17) is 4.74 Å². The Kier molecular flexibility index (Phi) is 3.74. The van der Waals surface area contributed by atoms with Crippen LogP contribution in [-0.4, -0.2) is 17.5 Å². The average molecular weight is 196 g/mol. The van der Waals surface area contributed by atoms with E-state index >= 15 is 0 Å². The highest BCUT2D eigenvalue weighted by Gasteiger charge is 2.16. The van der Waals surface area contributed by atoms with Crippen molar-refractivity contribution in [3.63, 3.8) is 0 Å². The molecule has 1 rings (SSSR count). The van der Waals surface area contributed by atoms with Crippen LogP contribution in [0.1, 0.15) is 33.1 Å². The Balaban J connectivity index is 2.89. The zero-order valence-electron chi connectivity index (χ0n) is 8.67. The molecule has 3 heteroatoms. The van der Waals surface area contributed by atoms with E-state index in [2.05, 4.69) is 0 Å². The summed E-state index contributed by atoms with van der Waals surface area (Å²) in [5.74, 6) is 0.823. The standard InChI is InChI=1S/C11H16O3/c1-3-9(13)7-11-10(8(2)12)5-4-6-14-11/h7,12H,3-6H2,1-2H3. The van der Waals surface area contributed by atoms with Crippen LogP contribution in [0.15, 0.2) is 23.2 Å². The number of hydrogen-bond donors (Lipinski definition) is 1. The number of hydrogen-bond acceptors (Lipinski definition) is 3. The molecular weight excluding hydrogens is 180 g/mol. The molecule has 14 heavy (non-hydrogen) atoms. The molecule has 1 N–H and O–H groups in total. The molecule has 0 bridgehead atoms. The lowest BCUT2D eigenvalue weighted by Crippen LogP contribution is -2.10. The number of rotatable bonds is 2. The molecule has 0 aliphatic carbocycles. The van der Waals surface area contributed by atoms with Crippen molar-refractivity contribution < 1.29 is 14.6 Å². The quantitative estimate of drug-likeness (QED) is 0.545. The van der Waals surface area contributed by atoms with Gasteiger partial charge in [-0.15, -0.1) is 0 Å². The first-order valence-corrected chi connectivity index (χ1v) is 4.91. The topological polar surface area (TPSA) is 46.5 Å². The van der Waals surface area contributed by atoms with Gasteiger partial charge in [0.1, 0.15) is 5.76 Å². The first-order valence-electron chi connectivity index (χ1n) is 4.91. The van der Waals surface area contributed by atoms with E-state index in [1.165, 1.54) is 6.08 Å². The van der Waals surface area contributed by atoms with Crippen LogP contribution in [0.25, 0.3) is 0 Å². The molecule has 1 fully saturated rings. The normalized spacial score (nSPS) is 23.1. The molecule has 0 aromatic heterocycles. The van der Waals surface area contributed by atoms with Crippen LogP contribution in [0, 0.1) is 0 Å². The summed E-state index contributed by atoms with van der Waals surface area (Å²) in [6, 6.07) is 0. The van der Waals surface area contributed by atoms with Crippen molar-refractivity contribution in [3.8, 4) is 0 Å². The zero-order chi connectivity index (χ0) is 10.6. The molecule has 3 nitrogen and oxygen atoms in total. The Bertz CT molecular complexity index is 283. The minimum absolute atomic E-state index is 0.0284. The number of ketones is 1. The van der Waals surface area contributed by atoms with Crippen LogP contribution in [0.3, 0.4) is 0 Å². The molecule has 0 amide bonds. The van der Waals surface area contributed by atoms with Gasteiger partial charge in [-0.2, -0.15) is 0 Å². The van der Waals surface area contributed by atoms with E-state index in [1.807, 2.05) is 0 Å². The van der Waals surface area contributed by atoms with Crippen molar-refractivity contribution in [2.45, 2.75) is 33.1 Å². The van der Waals surface area contributed by atoms with Crippen molar-refractivity contribution in [1.82, 2.24) is 0 Å². The minimum atomic E-state index is 0.0284. The third-order valence-corrected chi connectivity index (χ3v) is 2.20. The first kappa shape index (κ1) is 10.8. The lowest BCUT2D eigenvalue weighted by atomic mass is 10.0. The number of ether oxygens (including phenoxy) is 1. The van der Waals surface area contributed by atoms with Crippen LogP contribution in [0.5, 0.6) is 0 Å². The fourth-order valence-corrected chi connectivity index (χ4v) is 1.38.